The average molecular weight is 467 g/mol. The molecule has 1 N–H and O–H groups in total. The van der Waals surface area contributed by atoms with Gasteiger partial charge in [-0.2, -0.15) is 0 Å². The molecule has 0 saturated carbocycles. The fourth-order valence-corrected chi connectivity index (χ4v) is 3.03. The van der Waals surface area contributed by atoms with Crippen molar-refractivity contribution in [1.82, 2.24) is 10.3 Å². The van der Waals surface area contributed by atoms with E-state index in [4.69, 9.17) is 9.47 Å². The van der Waals surface area contributed by atoms with Gasteiger partial charge in [0.1, 0.15) is 11.6 Å². The maximum absolute atomic E-state index is 11.9. The number of pyridine rings is 1. The molecule has 0 bridgehead atoms. The summed E-state index contributed by atoms with van der Waals surface area (Å²) < 4.78 is 12.1. The fraction of sp³-hybridized carbons (Fsp3) is 0.368. The topological polar surface area (TPSA) is 63.7 Å². The van der Waals surface area contributed by atoms with Crippen LogP contribution in [-0.4, -0.2) is 43.3 Å². The molecule has 0 aliphatic carbocycles. The highest BCUT2D eigenvalue weighted by Gasteiger charge is 2.17. The van der Waals surface area contributed by atoms with E-state index in [1.165, 1.54) is 0 Å². The predicted molar refractivity (Wildman–Crippen MR) is 108 cm³/mol. The van der Waals surface area contributed by atoms with Gasteiger partial charge in [0.15, 0.2) is 6.61 Å². The second-order valence-electron chi connectivity index (χ2n) is 6.17. The lowest BCUT2D eigenvalue weighted by Crippen LogP contribution is -2.41. The number of carbonyl (C=O) groups is 1. The van der Waals surface area contributed by atoms with E-state index < -0.39 is 0 Å². The van der Waals surface area contributed by atoms with Crippen LogP contribution in [0.3, 0.4) is 0 Å². The van der Waals surface area contributed by atoms with Crippen molar-refractivity contribution >= 4 is 34.3 Å². The van der Waals surface area contributed by atoms with Crippen LogP contribution in [0.2, 0.25) is 0 Å². The molecule has 2 heterocycles. The molecule has 1 aliphatic rings. The van der Waals surface area contributed by atoms with Gasteiger partial charge in [-0.3, -0.25) is 4.79 Å². The minimum absolute atomic E-state index is 0.00221. The molecule has 1 saturated heterocycles. The number of benzene rings is 1. The third-order valence-corrected chi connectivity index (χ3v) is 4.77. The number of hydrogen-bond acceptors (Lipinski definition) is 5. The molecule has 1 unspecified atom stereocenters. The molecule has 7 heteroatoms. The number of halogens is 1. The summed E-state index contributed by atoms with van der Waals surface area (Å²) in [6.07, 6.45) is 2.02. The Bertz CT molecular complexity index is 722. The van der Waals surface area contributed by atoms with Crippen LogP contribution in [0.5, 0.6) is 5.75 Å². The summed E-state index contributed by atoms with van der Waals surface area (Å²) in [5.74, 6) is 1.47. The van der Waals surface area contributed by atoms with Crippen molar-refractivity contribution in [3.05, 3.63) is 51.7 Å². The lowest BCUT2D eigenvalue weighted by atomic mass is 10.2. The third-order valence-electron chi connectivity index (χ3n) is 4.05. The predicted octanol–water partition coefficient (Wildman–Crippen LogP) is 2.61. The second-order valence-corrected chi connectivity index (χ2v) is 7.42. The Labute approximate surface area is 167 Å². The van der Waals surface area contributed by atoms with Crippen LogP contribution in [0.4, 0.5) is 5.82 Å². The maximum Gasteiger partial charge on any atom is 0.258 e. The van der Waals surface area contributed by atoms with Crippen molar-refractivity contribution in [1.29, 1.82) is 0 Å². The summed E-state index contributed by atoms with van der Waals surface area (Å²) in [7, 11) is 0. The molecule has 138 valence electrons. The third kappa shape index (κ3) is 5.57. The zero-order valence-electron chi connectivity index (χ0n) is 14.7. The van der Waals surface area contributed by atoms with Gasteiger partial charge in [0.25, 0.3) is 5.91 Å². The lowest BCUT2D eigenvalue weighted by molar-refractivity contribution is -0.123. The van der Waals surface area contributed by atoms with E-state index in [0.29, 0.717) is 12.3 Å². The molecule has 26 heavy (non-hydrogen) atoms. The van der Waals surface area contributed by atoms with E-state index in [-0.39, 0.29) is 18.6 Å². The summed E-state index contributed by atoms with van der Waals surface area (Å²) in [5.41, 5.74) is 0.956. The summed E-state index contributed by atoms with van der Waals surface area (Å²) in [5, 5.41) is 2.85. The molecule has 0 radical (unpaired) electrons. The minimum Gasteiger partial charge on any atom is -0.484 e. The van der Waals surface area contributed by atoms with Gasteiger partial charge >= 0.3 is 0 Å². The molecule has 0 spiro atoms. The highest BCUT2D eigenvalue weighted by atomic mass is 127. The number of hydrogen-bond donors (Lipinski definition) is 1. The molecule has 1 amide bonds. The first-order chi connectivity index (χ1) is 12.6. The Kier molecular flexibility index (Phi) is 6.67. The Balaban J connectivity index is 1.44. The van der Waals surface area contributed by atoms with Gasteiger partial charge in [0.2, 0.25) is 0 Å². The molecule has 3 rings (SSSR count). The highest BCUT2D eigenvalue weighted by Crippen LogP contribution is 2.15. The van der Waals surface area contributed by atoms with Crippen LogP contribution in [0.25, 0.3) is 0 Å². The second kappa shape index (κ2) is 9.18. The summed E-state index contributed by atoms with van der Waals surface area (Å²) >= 11 is 2.23. The van der Waals surface area contributed by atoms with Crippen molar-refractivity contribution in [2.75, 3.05) is 31.2 Å². The normalized spacial score (nSPS) is 17.0. The number of ether oxygens (including phenoxy) is 2. The molecule has 1 aromatic carbocycles. The molecule has 1 atom stereocenters. The van der Waals surface area contributed by atoms with Gasteiger partial charge in [-0.15, -0.1) is 0 Å². The SMILES string of the molecule is CC1CN(c2ccc(CNC(=O)COc3ccc(I)cc3)cn2)CCO1. The lowest BCUT2D eigenvalue weighted by Gasteiger charge is -2.32. The first-order valence-corrected chi connectivity index (χ1v) is 9.64. The minimum atomic E-state index is -0.158. The average Bonchev–Trinajstić information content (AvgIpc) is 2.66. The number of aromatic nitrogens is 1. The molecule has 2 aromatic rings. The number of amides is 1. The largest absolute Gasteiger partial charge is 0.484 e. The van der Waals surface area contributed by atoms with E-state index in [0.717, 1.165) is 34.6 Å². The van der Waals surface area contributed by atoms with Gasteiger partial charge < -0.3 is 19.7 Å². The van der Waals surface area contributed by atoms with Crippen LogP contribution in [0, 0.1) is 3.57 Å². The van der Waals surface area contributed by atoms with Crippen LogP contribution in [0.15, 0.2) is 42.6 Å². The number of morpholine rings is 1. The van der Waals surface area contributed by atoms with E-state index in [9.17, 15) is 4.79 Å². The van der Waals surface area contributed by atoms with Gasteiger partial charge in [-0.1, -0.05) is 6.07 Å². The van der Waals surface area contributed by atoms with E-state index in [1.807, 2.05) is 36.4 Å². The van der Waals surface area contributed by atoms with E-state index >= 15 is 0 Å². The van der Waals surface area contributed by atoms with Gasteiger partial charge in [0, 0.05) is 29.4 Å². The van der Waals surface area contributed by atoms with Crippen LogP contribution in [-0.2, 0) is 16.1 Å². The van der Waals surface area contributed by atoms with Crippen molar-refractivity contribution < 1.29 is 14.3 Å². The number of nitrogens with zero attached hydrogens (tertiary/aromatic N) is 2. The van der Waals surface area contributed by atoms with E-state index in [1.54, 1.807) is 6.20 Å². The summed E-state index contributed by atoms with van der Waals surface area (Å²) in [6, 6.07) is 11.6. The Morgan fingerprint density at radius 2 is 2.15 bits per heavy atom. The highest BCUT2D eigenvalue weighted by molar-refractivity contribution is 14.1. The van der Waals surface area contributed by atoms with Crippen LogP contribution in [0.1, 0.15) is 12.5 Å². The quantitative estimate of drug-likeness (QED) is 0.662. The Morgan fingerprint density at radius 1 is 1.35 bits per heavy atom. The number of anilines is 1. The summed E-state index contributed by atoms with van der Waals surface area (Å²) in [6.45, 7) is 4.91. The van der Waals surface area contributed by atoms with Gasteiger partial charge in [-0.05, 0) is 65.4 Å². The Hall–Kier alpha value is -1.87. The van der Waals surface area contributed by atoms with Crippen LogP contribution < -0.4 is 15.0 Å². The molecular formula is C19H22IN3O3. The molecule has 6 nitrogen and oxygen atoms in total. The fourth-order valence-electron chi connectivity index (χ4n) is 2.67. The molecule has 1 aromatic heterocycles. The smallest absolute Gasteiger partial charge is 0.258 e. The number of rotatable bonds is 6. The molecular weight excluding hydrogens is 445 g/mol. The number of carbonyl (C=O) groups excluding carboxylic acids is 1. The monoisotopic (exact) mass is 467 g/mol. The zero-order chi connectivity index (χ0) is 18.4. The van der Waals surface area contributed by atoms with E-state index in [2.05, 4.69) is 44.7 Å². The van der Waals surface area contributed by atoms with Gasteiger partial charge in [0.05, 0.1) is 12.7 Å². The van der Waals surface area contributed by atoms with Crippen molar-refractivity contribution in [3.63, 3.8) is 0 Å². The van der Waals surface area contributed by atoms with Crippen LogP contribution >= 0.6 is 22.6 Å². The summed E-state index contributed by atoms with van der Waals surface area (Å²) in [4.78, 5) is 18.6. The van der Waals surface area contributed by atoms with Crippen molar-refractivity contribution in [3.8, 4) is 5.75 Å². The first-order valence-electron chi connectivity index (χ1n) is 8.57. The Morgan fingerprint density at radius 3 is 2.85 bits per heavy atom. The first kappa shape index (κ1) is 18.9. The standard InChI is InChI=1S/C19H22IN3O3/c1-14-12-23(8-9-25-14)18-7-2-15(10-21-18)11-22-19(24)13-26-17-5-3-16(20)4-6-17/h2-7,10,14H,8-9,11-13H2,1H3,(H,22,24). The maximum atomic E-state index is 11.9. The molecule has 1 aliphatic heterocycles. The zero-order valence-corrected chi connectivity index (χ0v) is 16.8. The van der Waals surface area contributed by atoms with Crippen molar-refractivity contribution in [2.45, 2.75) is 19.6 Å². The van der Waals surface area contributed by atoms with Crippen molar-refractivity contribution in [2.24, 2.45) is 0 Å². The van der Waals surface area contributed by atoms with Gasteiger partial charge in [-0.25, -0.2) is 4.98 Å². The molecule has 1 fully saturated rings. The number of nitrogens with one attached hydrogen (secondary N) is 1.